The monoisotopic (exact) mass is 379 g/mol. The Morgan fingerprint density at radius 3 is 2.46 bits per heavy atom. The molecule has 2 fully saturated rings. The number of carbonyl (C=O) groups excluding carboxylic acids is 3. The van der Waals surface area contributed by atoms with Crippen molar-refractivity contribution in [3.8, 4) is 0 Å². The second kappa shape index (κ2) is 7.76. The number of nitrogens with one attached hydrogen (secondary N) is 1. The summed E-state index contributed by atoms with van der Waals surface area (Å²) < 4.78 is 0. The highest BCUT2D eigenvalue weighted by Gasteiger charge is 2.38. The van der Waals surface area contributed by atoms with E-state index >= 15 is 0 Å². The Morgan fingerprint density at radius 1 is 1.23 bits per heavy atom. The van der Waals surface area contributed by atoms with E-state index in [0.717, 1.165) is 31.2 Å². The normalized spacial score (nSPS) is 25.8. The fourth-order valence-corrected chi connectivity index (χ4v) is 3.85. The third-order valence-corrected chi connectivity index (χ3v) is 5.33. The molecule has 26 heavy (non-hydrogen) atoms. The van der Waals surface area contributed by atoms with Crippen LogP contribution in [0.1, 0.15) is 51.0 Å². The van der Waals surface area contributed by atoms with Crippen molar-refractivity contribution in [2.45, 2.75) is 57.9 Å². The topological polar surface area (TPSA) is 92.5 Å². The van der Waals surface area contributed by atoms with E-state index < -0.39 is 5.54 Å². The Balaban J connectivity index is 0.00000243. The van der Waals surface area contributed by atoms with Gasteiger partial charge in [-0.05, 0) is 50.5 Å². The number of rotatable bonds is 3. The largest absolute Gasteiger partial charge is 0.326 e. The van der Waals surface area contributed by atoms with Crippen LogP contribution in [0.2, 0.25) is 0 Å². The predicted molar refractivity (Wildman–Crippen MR) is 103 cm³/mol. The fraction of sp³-hybridized carbons (Fsp3) is 0.526. The molecule has 0 spiro atoms. The summed E-state index contributed by atoms with van der Waals surface area (Å²) in [7, 11) is 0. The number of carbonyl (C=O) groups is 3. The molecule has 6 nitrogen and oxygen atoms in total. The highest BCUT2D eigenvalue weighted by molar-refractivity contribution is 6.20. The van der Waals surface area contributed by atoms with E-state index in [0.29, 0.717) is 11.4 Å². The first-order valence-corrected chi connectivity index (χ1v) is 8.86. The van der Waals surface area contributed by atoms with Crippen LogP contribution in [0.25, 0.3) is 0 Å². The number of imide groups is 1. The lowest BCUT2D eigenvalue weighted by molar-refractivity contribution is -0.123. The zero-order chi connectivity index (χ0) is 18.2. The summed E-state index contributed by atoms with van der Waals surface area (Å²) in [6, 6.07) is 5.24. The van der Waals surface area contributed by atoms with Crippen molar-refractivity contribution in [3.05, 3.63) is 23.8 Å². The molecule has 1 aliphatic heterocycles. The standard InChI is InChI=1S/C19H25N3O3.ClH/c1-12-11-13(6-7-15(12)22-16(23)8-9-17(22)24)21-18(25)14-5-3-4-10-19(14,2)20;/h6-7,11,14H,3-5,8-10,20H2,1-2H3,(H,21,25);1H. The van der Waals surface area contributed by atoms with Gasteiger partial charge in [0.15, 0.2) is 0 Å². The zero-order valence-electron chi connectivity index (χ0n) is 15.2. The van der Waals surface area contributed by atoms with Crippen molar-refractivity contribution < 1.29 is 14.4 Å². The SMILES string of the molecule is Cc1cc(NC(=O)C2CCCCC2(C)N)ccc1N1C(=O)CCC1=O.Cl. The minimum Gasteiger partial charge on any atom is -0.326 e. The van der Waals surface area contributed by atoms with Gasteiger partial charge < -0.3 is 11.1 Å². The summed E-state index contributed by atoms with van der Waals surface area (Å²) in [6.07, 6.45) is 4.24. The van der Waals surface area contributed by atoms with Gasteiger partial charge >= 0.3 is 0 Å². The summed E-state index contributed by atoms with van der Waals surface area (Å²) in [4.78, 5) is 37.7. The maximum Gasteiger partial charge on any atom is 0.234 e. The molecule has 2 atom stereocenters. The quantitative estimate of drug-likeness (QED) is 0.789. The number of halogens is 1. The molecule has 1 saturated carbocycles. The van der Waals surface area contributed by atoms with E-state index in [1.165, 1.54) is 4.90 Å². The maximum atomic E-state index is 12.6. The van der Waals surface area contributed by atoms with Crippen LogP contribution in [0.4, 0.5) is 11.4 Å². The fourth-order valence-electron chi connectivity index (χ4n) is 3.85. The van der Waals surface area contributed by atoms with Crippen molar-refractivity contribution in [2.75, 3.05) is 10.2 Å². The molecule has 2 unspecified atom stereocenters. The number of amides is 3. The molecule has 1 aromatic carbocycles. The molecule has 0 bridgehead atoms. The van der Waals surface area contributed by atoms with Crippen molar-refractivity contribution in [1.29, 1.82) is 0 Å². The first-order valence-electron chi connectivity index (χ1n) is 8.86. The van der Waals surface area contributed by atoms with Gasteiger partial charge in [-0.1, -0.05) is 12.8 Å². The Morgan fingerprint density at radius 2 is 1.88 bits per heavy atom. The van der Waals surface area contributed by atoms with E-state index in [1.807, 2.05) is 13.8 Å². The van der Waals surface area contributed by atoms with Crippen LogP contribution in [0.3, 0.4) is 0 Å². The molecule has 7 heteroatoms. The first-order chi connectivity index (χ1) is 11.8. The number of aryl methyl sites for hydroxylation is 1. The highest BCUT2D eigenvalue weighted by Crippen LogP contribution is 2.33. The molecule has 0 aromatic heterocycles. The number of hydrogen-bond donors (Lipinski definition) is 2. The minimum absolute atomic E-state index is 0. The van der Waals surface area contributed by atoms with Crippen molar-refractivity contribution in [1.82, 2.24) is 0 Å². The van der Waals surface area contributed by atoms with Gasteiger partial charge in [0.2, 0.25) is 17.7 Å². The Bertz CT molecular complexity index is 717. The molecule has 3 N–H and O–H groups in total. The number of benzene rings is 1. The summed E-state index contributed by atoms with van der Waals surface area (Å²) in [5.74, 6) is -0.620. The second-order valence-corrected chi connectivity index (χ2v) is 7.42. The molecular formula is C19H26ClN3O3. The van der Waals surface area contributed by atoms with E-state index in [9.17, 15) is 14.4 Å². The van der Waals surface area contributed by atoms with Gasteiger partial charge in [-0.15, -0.1) is 12.4 Å². The van der Waals surface area contributed by atoms with Gasteiger partial charge in [0.05, 0.1) is 11.6 Å². The summed E-state index contributed by atoms with van der Waals surface area (Å²) >= 11 is 0. The molecule has 1 heterocycles. The Hall–Kier alpha value is -1.92. The minimum atomic E-state index is -0.480. The molecule has 1 aliphatic carbocycles. The number of hydrogen-bond acceptors (Lipinski definition) is 4. The average Bonchev–Trinajstić information content (AvgIpc) is 2.86. The van der Waals surface area contributed by atoms with Crippen molar-refractivity contribution >= 4 is 41.5 Å². The van der Waals surface area contributed by atoms with Crippen molar-refractivity contribution in [3.63, 3.8) is 0 Å². The van der Waals surface area contributed by atoms with Crippen molar-refractivity contribution in [2.24, 2.45) is 11.7 Å². The lowest BCUT2D eigenvalue weighted by Gasteiger charge is -2.37. The van der Waals surface area contributed by atoms with Gasteiger partial charge in [0.25, 0.3) is 0 Å². The Kier molecular flexibility index (Phi) is 6.09. The summed E-state index contributed by atoms with van der Waals surface area (Å²) in [5.41, 5.74) is 7.85. The molecule has 0 radical (unpaired) electrons. The van der Waals surface area contributed by atoms with E-state index in [2.05, 4.69) is 5.32 Å². The smallest absolute Gasteiger partial charge is 0.234 e. The first kappa shape index (κ1) is 20.4. The highest BCUT2D eigenvalue weighted by atomic mass is 35.5. The lowest BCUT2D eigenvalue weighted by Crippen LogP contribution is -2.51. The molecule has 3 amide bonds. The van der Waals surface area contributed by atoms with Gasteiger partial charge in [0, 0.05) is 24.1 Å². The number of anilines is 2. The van der Waals surface area contributed by atoms with Crippen LogP contribution in [-0.4, -0.2) is 23.3 Å². The van der Waals surface area contributed by atoms with E-state index in [-0.39, 0.29) is 48.9 Å². The van der Waals surface area contributed by atoms with Crippen LogP contribution in [-0.2, 0) is 14.4 Å². The molecule has 3 rings (SSSR count). The third-order valence-electron chi connectivity index (χ3n) is 5.33. The maximum absolute atomic E-state index is 12.6. The van der Waals surface area contributed by atoms with Gasteiger partial charge in [-0.25, -0.2) is 0 Å². The lowest BCUT2D eigenvalue weighted by atomic mass is 9.74. The van der Waals surface area contributed by atoms with Crippen LogP contribution >= 0.6 is 12.4 Å². The Labute approximate surface area is 159 Å². The second-order valence-electron chi connectivity index (χ2n) is 7.42. The van der Waals surface area contributed by atoms with Crippen LogP contribution in [0.15, 0.2) is 18.2 Å². The van der Waals surface area contributed by atoms with E-state index in [1.54, 1.807) is 18.2 Å². The number of nitrogens with zero attached hydrogens (tertiary/aromatic N) is 1. The van der Waals surface area contributed by atoms with Crippen LogP contribution in [0.5, 0.6) is 0 Å². The molecule has 2 aliphatic rings. The predicted octanol–water partition coefficient (Wildman–Crippen LogP) is 2.92. The van der Waals surface area contributed by atoms with Crippen LogP contribution in [0, 0.1) is 12.8 Å². The van der Waals surface area contributed by atoms with Gasteiger partial charge in [-0.2, -0.15) is 0 Å². The molecule has 142 valence electrons. The van der Waals surface area contributed by atoms with Gasteiger partial charge in [-0.3, -0.25) is 19.3 Å². The molecule has 1 aromatic rings. The van der Waals surface area contributed by atoms with E-state index in [4.69, 9.17) is 5.73 Å². The third kappa shape index (κ3) is 3.91. The number of nitrogens with two attached hydrogens (primary N) is 1. The van der Waals surface area contributed by atoms with Gasteiger partial charge in [0.1, 0.15) is 0 Å². The summed E-state index contributed by atoms with van der Waals surface area (Å²) in [5, 5.41) is 2.94. The zero-order valence-corrected chi connectivity index (χ0v) is 16.0. The molecular weight excluding hydrogens is 354 g/mol. The molecule has 1 saturated heterocycles. The summed E-state index contributed by atoms with van der Waals surface area (Å²) in [6.45, 7) is 3.77. The average molecular weight is 380 g/mol. The van der Waals surface area contributed by atoms with Crippen LogP contribution < -0.4 is 16.0 Å².